The lowest BCUT2D eigenvalue weighted by Crippen LogP contribution is -2.26. The van der Waals surface area contributed by atoms with Crippen LogP contribution in [0.1, 0.15) is 28.2 Å². The molecule has 0 spiro atoms. The largest absolute Gasteiger partial charge is 0.345 e. The van der Waals surface area contributed by atoms with Gasteiger partial charge in [-0.25, -0.2) is 8.78 Å². The van der Waals surface area contributed by atoms with Crippen molar-refractivity contribution in [2.45, 2.75) is 13.0 Å². The van der Waals surface area contributed by atoms with Gasteiger partial charge >= 0.3 is 0 Å². The first-order chi connectivity index (χ1) is 10.5. The van der Waals surface area contributed by atoms with Gasteiger partial charge in [-0.15, -0.1) is 11.3 Å². The standard InChI is InChI=1S/C17H13F2NOS/c1-10(11-6-7-13(18)14(19)8-11)20-17(21)16-9-12-4-2-3-5-15(12)22-16/h2-10H,1H3,(H,20,21). The number of nitrogens with one attached hydrogen (secondary N) is 1. The normalized spacial score (nSPS) is 12.3. The van der Waals surface area contributed by atoms with Crippen molar-refractivity contribution in [2.24, 2.45) is 0 Å². The molecule has 0 bridgehead atoms. The zero-order chi connectivity index (χ0) is 15.7. The van der Waals surface area contributed by atoms with Gasteiger partial charge in [-0.2, -0.15) is 0 Å². The molecule has 0 aliphatic rings. The summed E-state index contributed by atoms with van der Waals surface area (Å²) in [5.41, 5.74) is 0.522. The second-order valence-corrected chi connectivity index (χ2v) is 6.10. The maximum Gasteiger partial charge on any atom is 0.261 e. The second-order valence-electron chi connectivity index (χ2n) is 5.02. The number of halogens is 2. The predicted molar refractivity (Wildman–Crippen MR) is 84.1 cm³/mol. The van der Waals surface area contributed by atoms with E-state index >= 15 is 0 Å². The van der Waals surface area contributed by atoms with Gasteiger partial charge in [0.25, 0.3) is 5.91 Å². The number of carbonyl (C=O) groups excluding carboxylic acids is 1. The van der Waals surface area contributed by atoms with Crippen molar-refractivity contribution >= 4 is 27.3 Å². The molecule has 2 nitrogen and oxygen atoms in total. The van der Waals surface area contributed by atoms with Crippen LogP contribution < -0.4 is 5.32 Å². The summed E-state index contributed by atoms with van der Waals surface area (Å²) in [5.74, 6) is -2.04. The minimum Gasteiger partial charge on any atom is -0.345 e. The van der Waals surface area contributed by atoms with Gasteiger partial charge in [-0.05, 0) is 42.1 Å². The van der Waals surface area contributed by atoms with Crippen LogP contribution in [-0.4, -0.2) is 5.91 Å². The molecule has 0 saturated carbocycles. The first-order valence-electron chi connectivity index (χ1n) is 6.79. The third-order valence-corrected chi connectivity index (χ3v) is 4.56. The van der Waals surface area contributed by atoms with E-state index in [2.05, 4.69) is 5.32 Å². The van der Waals surface area contributed by atoms with Crippen LogP contribution in [0.3, 0.4) is 0 Å². The molecule has 22 heavy (non-hydrogen) atoms. The van der Waals surface area contributed by atoms with E-state index in [0.29, 0.717) is 10.4 Å². The fourth-order valence-corrected chi connectivity index (χ4v) is 3.19. The monoisotopic (exact) mass is 317 g/mol. The molecular formula is C17H13F2NOS. The van der Waals surface area contributed by atoms with Gasteiger partial charge in [0.2, 0.25) is 0 Å². The summed E-state index contributed by atoms with van der Waals surface area (Å²) >= 11 is 1.40. The molecule has 3 rings (SSSR count). The zero-order valence-electron chi connectivity index (χ0n) is 11.8. The van der Waals surface area contributed by atoms with Gasteiger partial charge in [-0.3, -0.25) is 4.79 Å². The summed E-state index contributed by atoms with van der Waals surface area (Å²) in [6.45, 7) is 1.73. The van der Waals surface area contributed by atoms with Crippen LogP contribution in [0.2, 0.25) is 0 Å². The Morgan fingerprint density at radius 2 is 1.86 bits per heavy atom. The van der Waals surface area contributed by atoms with E-state index in [1.807, 2.05) is 30.3 Å². The lowest BCUT2D eigenvalue weighted by Gasteiger charge is -2.13. The number of carbonyl (C=O) groups is 1. The third kappa shape index (κ3) is 2.85. The van der Waals surface area contributed by atoms with Crippen LogP contribution in [0, 0.1) is 11.6 Å². The van der Waals surface area contributed by atoms with E-state index in [4.69, 9.17) is 0 Å². The Labute approximate surface area is 130 Å². The lowest BCUT2D eigenvalue weighted by molar-refractivity contribution is 0.0944. The van der Waals surface area contributed by atoms with E-state index in [1.165, 1.54) is 17.4 Å². The highest BCUT2D eigenvalue weighted by molar-refractivity contribution is 7.20. The Kier molecular flexibility index (Phi) is 3.90. The highest BCUT2D eigenvalue weighted by atomic mass is 32.1. The molecule has 0 radical (unpaired) electrons. The molecule has 2 aromatic carbocycles. The molecule has 1 aromatic heterocycles. The van der Waals surface area contributed by atoms with Crippen LogP contribution in [0.15, 0.2) is 48.5 Å². The second kappa shape index (κ2) is 5.85. The van der Waals surface area contributed by atoms with Crippen LogP contribution >= 0.6 is 11.3 Å². The Morgan fingerprint density at radius 3 is 2.59 bits per heavy atom. The summed E-state index contributed by atoms with van der Waals surface area (Å²) in [7, 11) is 0. The Balaban J connectivity index is 1.79. The molecule has 112 valence electrons. The van der Waals surface area contributed by atoms with Crippen molar-refractivity contribution in [3.05, 3.63) is 70.6 Å². The lowest BCUT2D eigenvalue weighted by atomic mass is 10.1. The van der Waals surface area contributed by atoms with E-state index in [9.17, 15) is 13.6 Å². The maximum atomic E-state index is 13.3. The zero-order valence-corrected chi connectivity index (χ0v) is 12.6. The van der Waals surface area contributed by atoms with Crippen LogP contribution in [0.4, 0.5) is 8.78 Å². The van der Waals surface area contributed by atoms with Gasteiger partial charge in [0, 0.05) is 4.70 Å². The van der Waals surface area contributed by atoms with Crippen LogP contribution in [0.25, 0.3) is 10.1 Å². The molecule has 5 heteroatoms. The minimum atomic E-state index is -0.916. The average Bonchev–Trinajstić information content (AvgIpc) is 2.94. The topological polar surface area (TPSA) is 29.1 Å². The van der Waals surface area contributed by atoms with Crippen molar-refractivity contribution in [3.8, 4) is 0 Å². The van der Waals surface area contributed by atoms with Gasteiger partial charge in [0.15, 0.2) is 11.6 Å². The molecule has 1 heterocycles. The summed E-state index contributed by atoms with van der Waals surface area (Å²) in [6.07, 6.45) is 0. The van der Waals surface area contributed by atoms with E-state index in [-0.39, 0.29) is 5.91 Å². The molecule has 0 saturated heterocycles. The SMILES string of the molecule is CC(NC(=O)c1cc2ccccc2s1)c1ccc(F)c(F)c1. The minimum absolute atomic E-state index is 0.224. The maximum absolute atomic E-state index is 13.3. The smallest absolute Gasteiger partial charge is 0.261 e. The number of benzene rings is 2. The van der Waals surface area contributed by atoms with E-state index in [1.54, 1.807) is 6.92 Å². The fraction of sp³-hybridized carbons (Fsp3) is 0.118. The molecule has 1 unspecified atom stereocenters. The predicted octanol–water partition coefficient (Wildman–Crippen LogP) is 4.67. The van der Waals surface area contributed by atoms with Gasteiger partial charge in [-0.1, -0.05) is 24.3 Å². The highest BCUT2D eigenvalue weighted by Crippen LogP contribution is 2.26. The molecule has 1 amide bonds. The number of fused-ring (bicyclic) bond motifs is 1. The molecule has 0 aliphatic heterocycles. The summed E-state index contributed by atoms with van der Waals surface area (Å²) in [6, 6.07) is 12.8. The summed E-state index contributed by atoms with van der Waals surface area (Å²) < 4.78 is 27.2. The van der Waals surface area contributed by atoms with Gasteiger partial charge in [0.05, 0.1) is 10.9 Å². The number of thiophene rings is 1. The Hall–Kier alpha value is -2.27. The number of rotatable bonds is 3. The number of hydrogen-bond donors (Lipinski definition) is 1. The van der Waals surface area contributed by atoms with E-state index < -0.39 is 17.7 Å². The van der Waals surface area contributed by atoms with Crippen molar-refractivity contribution in [3.63, 3.8) is 0 Å². The summed E-state index contributed by atoms with van der Waals surface area (Å²) in [5, 5.41) is 3.81. The van der Waals surface area contributed by atoms with Crippen molar-refractivity contribution < 1.29 is 13.6 Å². The average molecular weight is 317 g/mol. The number of amides is 1. The molecule has 0 fully saturated rings. The third-order valence-electron chi connectivity index (χ3n) is 3.44. The van der Waals surface area contributed by atoms with E-state index in [0.717, 1.165) is 22.2 Å². The number of hydrogen-bond acceptors (Lipinski definition) is 2. The quantitative estimate of drug-likeness (QED) is 0.747. The van der Waals surface area contributed by atoms with Crippen molar-refractivity contribution in [1.29, 1.82) is 0 Å². The molecule has 0 aliphatic carbocycles. The van der Waals surface area contributed by atoms with Crippen molar-refractivity contribution in [1.82, 2.24) is 5.32 Å². The highest BCUT2D eigenvalue weighted by Gasteiger charge is 2.15. The summed E-state index contributed by atoms with van der Waals surface area (Å²) in [4.78, 5) is 12.9. The molecule has 1 atom stereocenters. The fourth-order valence-electron chi connectivity index (χ4n) is 2.23. The van der Waals surface area contributed by atoms with Crippen LogP contribution in [0.5, 0.6) is 0 Å². The van der Waals surface area contributed by atoms with Crippen molar-refractivity contribution in [2.75, 3.05) is 0 Å². The molecular weight excluding hydrogens is 304 g/mol. The van der Waals surface area contributed by atoms with Crippen LogP contribution in [-0.2, 0) is 0 Å². The molecule has 3 aromatic rings. The molecule has 1 N–H and O–H groups in total. The first-order valence-corrected chi connectivity index (χ1v) is 7.60. The Bertz CT molecular complexity index is 811. The van der Waals surface area contributed by atoms with Gasteiger partial charge < -0.3 is 5.32 Å². The van der Waals surface area contributed by atoms with Gasteiger partial charge in [0.1, 0.15) is 0 Å². The Morgan fingerprint density at radius 1 is 1.09 bits per heavy atom. The first kappa shape index (κ1) is 14.7.